The first-order valence-corrected chi connectivity index (χ1v) is 6.11. The number of nitrogens with one attached hydrogen (secondary N) is 1. The summed E-state index contributed by atoms with van der Waals surface area (Å²) in [5.74, 6) is 0.900. The number of carbonyl (C=O) groups excluding carboxylic acids is 1. The highest BCUT2D eigenvalue weighted by Gasteiger charge is 2.30. The molecule has 0 unspecified atom stereocenters. The zero-order chi connectivity index (χ0) is 12.1. The van der Waals surface area contributed by atoms with Crippen LogP contribution in [0.25, 0.3) is 0 Å². The van der Waals surface area contributed by atoms with Crippen LogP contribution in [-0.2, 0) is 4.79 Å². The van der Waals surface area contributed by atoms with E-state index in [2.05, 4.69) is 22.2 Å². The van der Waals surface area contributed by atoms with Gasteiger partial charge < -0.3 is 10.2 Å². The second-order valence-corrected chi connectivity index (χ2v) is 4.32. The van der Waals surface area contributed by atoms with E-state index in [1.165, 1.54) is 0 Å². The number of hydrogen-bond acceptors (Lipinski definition) is 4. The molecule has 1 aromatic rings. The molecule has 1 aliphatic rings. The zero-order valence-corrected chi connectivity index (χ0v) is 10.1. The topological polar surface area (TPSA) is 58.1 Å². The molecule has 0 spiro atoms. The maximum Gasteiger partial charge on any atom is 0.222 e. The lowest BCUT2D eigenvalue weighted by Gasteiger charge is -2.39. The van der Waals surface area contributed by atoms with Crippen molar-refractivity contribution in [3.05, 3.63) is 18.5 Å². The molecule has 1 aliphatic heterocycles. The quantitative estimate of drug-likeness (QED) is 0.834. The molecule has 2 rings (SSSR count). The third-order valence-corrected chi connectivity index (χ3v) is 2.88. The van der Waals surface area contributed by atoms with E-state index < -0.39 is 0 Å². The number of likely N-dealkylation sites (tertiary alicyclic amines) is 1. The van der Waals surface area contributed by atoms with E-state index in [0.717, 1.165) is 25.9 Å². The molecule has 1 saturated heterocycles. The normalized spacial score (nSPS) is 15.5. The van der Waals surface area contributed by atoms with Gasteiger partial charge in [-0.3, -0.25) is 4.79 Å². The summed E-state index contributed by atoms with van der Waals surface area (Å²) in [6, 6.07) is 2.08. The van der Waals surface area contributed by atoms with E-state index >= 15 is 0 Å². The highest BCUT2D eigenvalue weighted by molar-refractivity contribution is 5.77. The number of aromatic nitrogens is 2. The van der Waals surface area contributed by atoms with Crippen LogP contribution in [0.2, 0.25) is 0 Å². The number of unbranched alkanes of at least 4 members (excludes halogenated alkanes) is 1. The van der Waals surface area contributed by atoms with Crippen LogP contribution in [0, 0.1) is 0 Å². The van der Waals surface area contributed by atoms with Crippen LogP contribution in [-0.4, -0.2) is 39.9 Å². The molecular weight excluding hydrogens is 216 g/mol. The van der Waals surface area contributed by atoms with Crippen LogP contribution in [0.1, 0.15) is 26.2 Å². The van der Waals surface area contributed by atoms with Gasteiger partial charge in [-0.25, -0.2) is 9.97 Å². The first kappa shape index (κ1) is 11.8. The van der Waals surface area contributed by atoms with Crippen LogP contribution in [0.15, 0.2) is 18.5 Å². The second kappa shape index (κ2) is 5.61. The summed E-state index contributed by atoms with van der Waals surface area (Å²) in [6.07, 6.45) is 6.13. The summed E-state index contributed by atoms with van der Waals surface area (Å²) < 4.78 is 0. The van der Waals surface area contributed by atoms with Gasteiger partial charge >= 0.3 is 0 Å². The molecule has 17 heavy (non-hydrogen) atoms. The summed E-state index contributed by atoms with van der Waals surface area (Å²) in [4.78, 5) is 21.7. The molecule has 5 nitrogen and oxygen atoms in total. The van der Waals surface area contributed by atoms with Crippen LogP contribution in [0.5, 0.6) is 0 Å². The Morgan fingerprint density at radius 2 is 2.18 bits per heavy atom. The molecule has 92 valence electrons. The standard InChI is InChI=1S/C12H18N4O/c1-2-3-5-11(17)16-8-10(9-16)15-12-13-6-4-7-14-12/h4,6-7,10H,2-3,5,8-9H2,1H3,(H,13,14,15). The monoisotopic (exact) mass is 234 g/mol. The van der Waals surface area contributed by atoms with Gasteiger partial charge in [0.05, 0.1) is 6.04 Å². The first-order valence-electron chi connectivity index (χ1n) is 6.11. The molecule has 1 amide bonds. The molecule has 1 aromatic heterocycles. The molecule has 2 heterocycles. The predicted molar refractivity (Wildman–Crippen MR) is 65.5 cm³/mol. The number of anilines is 1. The Hall–Kier alpha value is -1.65. The summed E-state index contributed by atoms with van der Waals surface area (Å²) in [7, 11) is 0. The van der Waals surface area contributed by atoms with Gasteiger partial charge in [-0.05, 0) is 12.5 Å². The van der Waals surface area contributed by atoms with Crippen LogP contribution in [0.3, 0.4) is 0 Å². The number of amides is 1. The molecule has 1 fully saturated rings. The van der Waals surface area contributed by atoms with Gasteiger partial charge in [-0.2, -0.15) is 0 Å². The van der Waals surface area contributed by atoms with Crippen molar-refractivity contribution in [3.8, 4) is 0 Å². The zero-order valence-electron chi connectivity index (χ0n) is 10.1. The highest BCUT2D eigenvalue weighted by atomic mass is 16.2. The van der Waals surface area contributed by atoms with Crippen LogP contribution in [0.4, 0.5) is 5.95 Å². The maximum atomic E-state index is 11.6. The summed E-state index contributed by atoms with van der Waals surface area (Å²) in [5.41, 5.74) is 0. The molecule has 0 radical (unpaired) electrons. The van der Waals surface area contributed by atoms with E-state index in [1.807, 2.05) is 4.90 Å². The molecule has 0 bridgehead atoms. The van der Waals surface area contributed by atoms with Crippen molar-refractivity contribution in [2.45, 2.75) is 32.2 Å². The third-order valence-electron chi connectivity index (χ3n) is 2.88. The number of nitrogens with zero attached hydrogens (tertiary/aromatic N) is 3. The fourth-order valence-corrected chi connectivity index (χ4v) is 1.82. The van der Waals surface area contributed by atoms with E-state index in [9.17, 15) is 4.79 Å². The Balaban J connectivity index is 1.70. The molecule has 0 aromatic carbocycles. The number of rotatable bonds is 5. The van der Waals surface area contributed by atoms with Crippen molar-refractivity contribution >= 4 is 11.9 Å². The maximum absolute atomic E-state index is 11.6. The lowest BCUT2D eigenvalue weighted by Crippen LogP contribution is -2.57. The Morgan fingerprint density at radius 1 is 1.47 bits per heavy atom. The Morgan fingerprint density at radius 3 is 2.82 bits per heavy atom. The SMILES string of the molecule is CCCCC(=O)N1CC(Nc2ncccn2)C1. The Kier molecular flexibility index (Phi) is 3.90. The summed E-state index contributed by atoms with van der Waals surface area (Å²) in [6.45, 7) is 3.63. The number of hydrogen-bond donors (Lipinski definition) is 1. The van der Waals surface area contributed by atoms with Gasteiger partial charge in [0.25, 0.3) is 0 Å². The average Bonchev–Trinajstić information content (AvgIpc) is 2.31. The van der Waals surface area contributed by atoms with Gasteiger partial charge in [-0.1, -0.05) is 13.3 Å². The molecule has 1 N–H and O–H groups in total. The van der Waals surface area contributed by atoms with Crippen molar-refractivity contribution in [1.82, 2.24) is 14.9 Å². The minimum absolute atomic E-state index is 0.263. The fourth-order valence-electron chi connectivity index (χ4n) is 1.82. The van der Waals surface area contributed by atoms with Gasteiger partial charge in [-0.15, -0.1) is 0 Å². The lowest BCUT2D eigenvalue weighted by atomic mass is 10.1. The summed E-state index contributed by atoms with van der Waals surface area (Å²) >= 11 is 0. The van der Waals surface area contributed by atoms with E-state index in [1.54, 1.807) is 18.5 Å². The van der Waals surface area contributed by atoms with Crippen molar-refractivity contribution in [3.63, 3.8) is 0 Å². The molecule has 0 atom stereocenters. The van der Waals surface area contributed by atoms with E-state index in [0.29, 0.717) is 18.4 Å². The smallest absolute Gasteiger partial charge is 0.222 e. The molecule has 5 heteroatoms. The predicted octanol–water partition coefficient (Wildman–Crippen LogP) is 1.29. The second-order valence-electron chi connectivity index (χ2n) is 4.32. The molecular formula is C12H18N4O. The van der Waals surface area contributed by atoms with Crippen LogP contribution >= 0.6 is 0 Å². The van der Waals surface area contributed by atoms with Gasteiger partial charge in [0.2, 0.25) is 11.9 Å². The van der Waals surface area contributed by atoms with E-state index in [4.69, 9.17) is 0 Å². The first-order chi connectivity index (χ1) is 8.29. The lowest BCUT2D eigenvalue weighted by molar-refractivity contribution is -0.135. The fraction of sp³-hybridized carbons (Fsp3) is 0.583. The van der Waals surface area contributed by atoms with Crippen molar-refractivity contribution in [2.75, 3.05) is 18.4 Å². The van der Waals surface area contributed by atoms with Crippen molar-refractivity contribution < 1.29 is 4.79 Å². The largest absolute Gasteiger partial charge is 0.348 e. The minimum atomic E-state index is 0.263. The Bertz CT molecular complexity index is 362. The van der Waals surface area contributed by atoms with Gasteiger partial charge in [0, 0.05) is 31.9 Å². The Labute approximate surface area is 101 Å². The highest BCUT2D eigenvalue weighted by Crippen LogP contribution is 2.14. The van der Waals surface area contributed by atoms with Gasteiger partial charge in [0.1, 0.15) is 0 Å². The van der Waals surface area contributed by atoms with Crippen molar-refractivity contribution in [1.29, 1.82) is 0 Å². The minimum Gasteiger partial charge on any atom is -0.348 e. The van der Waals surface area contributed by atoms with Gasteiger partial charge in [0.15, 0.2) is 0 Å². The third kappa shape index (κ3) is 3.15. The summed E-state index contributed by atoms with van der Waals surface area (Å²) in [5, 5.41) is 3.20. The number of carbonyl (C=O) groups is 1. The molecule has 0 aliphatic carbocycles. The van der Waals surface area contributed by atoms with Crippen LogP contribution < -0.4 is 5.32 Å². The van der Waals surface area contributed by atoms with Crippen molar-refractivity contribution in [2.24, 2.45) is 0 Å². The average molecular weight is 234 g/mol. The van der Waals surface area contributed by atoms with E-state index in [-0.39, 0.29) is 5.91 Å². The molecule has 0 saturated carbocycles.